The molecular weight excluding hydrogens is 813 g/mol. The summed E-state index contributed by atoms with van der Waals surface area (Å²) in [7, 11) is 1.70. The molecule has 2 aromatic heterocycles. The predicted octanol–water partition coefficient (Wildman–Crippen LogP) is 9.61. The van der Waals surface area contributed by atoms with Crippen molar-refractivity contribution in [2.24, 2.45) is 29.1 Å². The second-order valence-electron chi connectivity index (χ2n) is 21.6. The molecule has 3 aromatic rings. The molecule has 1 saturated heterocycles. The Hall–Kier alpha value is -4.19. The van der Waals surface area contributed by atoms with Crippen LogP contribution in [0.3, 0.4) is 0 Å². The molecular formula is C53H78N8O4. The van der Waals surface area contributed by atoms with Gasteiger partial charge >= 0.3 is 0 Å². The number of carbonyl (C=O) groups is 2. The summed E-state index contributed by atoms with van der Waals surface area (Å²) in [4.78, 5) is 53.3. The van der Waals surface area contributed by atoms with Crippen molar-refractivity contribution in [3.05, 3.63) is 46.4 Å². The Morgan fingerprint density at radius 1 is 0.800 bits per heavy atom. The highest BCUT2D eigenvalue weighted by Crippen LogP contribution is 2.61. The highest BCUT2D eigenvalue weighted by Gasteiger charge is 2.51. The van der Waals surface area contributed by atoms with Gasteiger partial charge in [0.25, 0.3) is 5.56 Å². The maximum absolute atomic E-state index is 13.5. The molecule has 12 nitrogen and oxygen atoms in total. The van der Waals surface area contributed by atoms with Crippen molar-refractivity contribution >= 4 is 40.2 Å². The van der Waals surface area contributed by atoms with Gasteiger partial charge in [0.15, 0.2) is 0 Å². The van der Waals surface area contributed by atoms with Crippen molar-refractivity contribution < 1.29 is 14.3 Å². The minimum atomic E-state index is -0.0452. The maximum atomic E-state index is 13.5. The van der Waals surface area contributed by atoms with Crippen molar-refractivity contribution in [3.63, 3.8) is 0 Å². The van der Waals surface area contributed by atoms with Crippen molar-refractivity contribution in [1.82, 2.24) is 30.1 Å². The van der Waals surface area contributed by atoms with Gasteiger partial charge in [-0.1, -0.05) is 51.4 Å². The molecule has 7 aliphatic rings. The zero-order valence-corrected chi connectivity index (χ0v) is 39.7. The third-order valence-corrected chi connectivity index (χ3v) is 16.4. The number of piperazine rings is 1. The van der Waals surface area contributed by atoms with Gasteiger partial charge in [0.05, 0.1) is 12.8 Å². The summed E-state index contributed by atoms with van der Waals surface area (Å²) in [6.07, 6.45) is 29.2. The van der Waals surface area contributed by atoms with E-state index in [0.29, 0.717) is 22.9 Å². The number of aryl methyl sites for hydroxylation is 1. The van der Waals surface area contributed by atoms with Gasteiger partial charge in [-0.2, -0.15) is 4.98 Å². The van der Waals surface area contributed by atoms with Crippen molar-refractivity contribution in [2.45, 2.75) is 167 Å². The first-order valence-electron chi connectivity index (χ1n) is 26.1. The van der Waals surface area contributed by atoms with Crippen LogP contribution in [0.5, 0.6) is 5.75 Å². The zero-order chi connectivity index (χ0) is 44.8. The second-order valence-corrected chi connectivity index (χ2v) is 21.6. The van der Waals surface area contributed by atoms with Crippen LogP contribution >= 0.6 is 0 Å². The van der Waals surface area contributed by atoms with Gasteiger partial charge in [0, 0.05) is 86.5 Å². The molecule has 6 saturated carbocycles. The van der Waals surface area contributed by atoms with Crippen LogP contribution in [-0.2, 0) is 9.59 Å². The number of anilines is 3. The van der Waals surface area contributed by atoms with Gasteiger partial charge in [-0.15, -0.1) is 0 Å². The summed E-state index contributed by atoms with van der Waals surface area (Å²) in [6.45, 7) is 8.10. The lowest BCUT2D eigenvalue weighted by Gasteiger charge is -2.56. The van der Waals surface area contributed by atoms with E-state index in [1.807, 2.05) is 23.8 Å². The number of aromatic nitrogens is 3. The fraction of sp³-hybridized carbons (Fsp3) is 0.717. The van der Waals surface area contributed by atoms with Gasteiger partial charge in [0.2, 0.25) is 17.8 Å². The molecule has 3 N–H and O–H groups in total. The van der Waals surface area contributed by atoms with Crippen LogP contribution in [-0.4, -0.2) is 83.7 Å². The minimum absolute atomic E-state index is 0.0202. The number of unbranched alkanes of at least 4 members (excludes halogenated alkanes) is 9. The van der Waals surface area contributed by atoms with E-state index in [1.54, 1.807) is 13.2 Å². The highest BCUT2D eigenvalue weighted by atomic mass is 16.5. The van der Waals surface area contributed by atoms with Crippen LogP contribution in [0.4, 0.5) is 17.3 Å². The molecule has 0 radical (unpaired) electrons. The monoisotopic (exact) mass is 891 g/mol. The van der Waals surface area contributed by atoms with Gasteiger partial charge in [0.1, 0.15) is 11.4 Å². The molecule has 1 aromatic carbocycles. The van der Waals surface area contributed by atoms with Crippen molar-refractivity contribution in [3.8, 4) is 5.75 Å². The summed E-state index contributed by atoms with van der Waals surface area (Å²) in [5.41, 5.74) is 3.74. The lowest BCUT2D eigenvalue weighted by molar-refractivity contribution is -0.129. The van der Waals surface area contributed by atoms with Gasteiger partial charge in [-0.3, -0.25) is 23.9 Å². The molecule has 0 unspecified atom stereocenters. The lowest BCUT2D eigenvalue weighted by Crippen LogP contribution is -2.48. The molecule has 65 heavy (non-hydrogen) atoms. The number of methoxy groups -OCH3 is 1. The van der Waals surface area contributed by atoms with Gasteiger partial charge < -0.3 is 25.6 Å². The molecule has 354 valence electrons. The molecule has 0 atom stereocenters. The van der Waals surface area contributed by atoms with Crippen LogP contribution in [0.2, 0.25) is 0 Å². The SMILES string of the molecule is COc1cc(N2CCN(CCCCCCCCCCCCNC(=O)CC34CC5CC(CC(C5)C3)C4)CC2)ccc1Nc1ncc2c(C)cc(=O)n([C@H]3CC[C@@H](NC(=O)C4CC4)CC3)c2n1. The molecule has 12 heteroatoms. The summed E-state index contributed by atoms with van der Waals surface area (Å²) in [5, 5.41) is 10.8. The van der Waals surface area contributed by atoms with E-state index >= 15 is 0 Å². The van der Waals surface area contributed by atoms with E-state index < -0.39 is 0 Å². The number of rotatable bonds is 22. The predicted molar refractivity (Wildman–Crippen MR) is 260 cm³/mol. The average molecular weight is 891 g/mol. The van der Waals surface area contributed by atoms with E-state index in [4.69, 9.17) is 9.72 Å². The number of ether oxygens (including phenoxy) is 1. The number of nitrogens with zero attached hydrogens (tertiary/aromatic N) is 5. The first-order valence-corrected chi connectivity index (χ1v) is 26.1. The normalized spacial score (nSPS) is 26.4. The van der Waals surface area contributed by atoms with Crippen LogP contribution in [0, 0.1) is 36.0 Å². The summed E-state index contributed by atoms with van der Waals surface area (Å²) in [5.74, 6) is 4.64. The smallest absolute Gasteiger partial charge is 0.252 e. The highest BCUT2D eigenvalue weighted by molar-refractivity contribution is 5.81. The maximum Gasteiger partial charge on any atom is 0.252 e. The fourth-order valence-corrected chi connectivity index (χ4v) is 13.2. The lowest BCUT2D eigenvalue weighted by atomic mass is 9.49. The number of amides is 2. The average Bonchev–Trinajstić information content (AvgIpc) is 4.15. The van der Waals surface area contributed by atoms with E-state index in [9.17, 15) is 14.4 Å². The Kier molecular flexibility index (Phi) is 15.0. The van der Waals surface area contributed by atoms with Crippen LogP contribution < -0.4 is 31.1 Å². The number of hydrogen-bond acceptors (Lipinski definition) is 9. The Morgan fingerprint density at radius 3 is 2.09 bits per heavy atom. The summed E-state index contributed by atoms with van der Waals surface area (Å²) < 4.78 is 7.74. The third-order valence-electron chi connectivity index (χ3n) is 16.4. The number of pyridine rings is 1. The van der Waals surface area contributed by atoms with Crippen molar-refractivity contribution in [2.75, 3.05) is 56.6 Å². The Labute approximate surface area is 387 Å². The second kappa shape index (κ2) is 21.2. The molecule has 6 aliphatic carbocycles. The van der Waals surface area contributed by atoms with Crippen molar-refractivity contribution in [1.29, 1.82) is 0 Å². The molecule has 0 spiro atoms. The number of fused-ring (bicyclic) bond motifs is 1. The molecule has 1 aliphatic heterocycles. The quantitative estimate of drug-likeness (QED) is 0.0844. The van der Waals surface area contributed by atoms with E-state index in [0.717, 1.165) is 130 Å². The first-order chi connectivity index (χ1) is 31.7. The molecule has 7 fully saturated rings. The Bertz CT molecular complexity index is 2120. The standard InChI is InChI=1S/C53H78N8O4/c1-37-27-49(63)61(43-17-15-42(16-18-43)56-51(64)41-13-14-41)50-45(37)36-55-52(58-50)57-46-20-19-44(31-47(46)65-2)60-25-23-59(24-26-60)22-12-10-8-6-4-3-5-7-9-11-21-54-48(62)35-53-32-38-28-39(33-53)30-40(29-38)34-53/h19-20,27,31,36,38-43H,3-18,21-26,28-30,32-35H2,1-2H3,(H,54,62)(H,56,64)(H,55,57,58)/t38?,39?,40?,42-,43+,53?. The van der Waals surface area contributed by atoms with Gasteiger partial charge in [-0.05, 0) is 144 Å². The number of benzene rings is 1. The summed E-state index contributed by atoms with van der Waals surface area (Å²) in [6, 6.07) is 8.18. The molecule has 10 rings (SSSR count). The summed E-state index contributed by atoms with van der Waals surface area (Å²) >= 11 is 0. The number of hydrogen-bond donors (Lipinski definition) is 3. The third kappa shape index (κ3) is 11.7. The Morgan fingerprint density at radius 2 is 1.45 bits per heavy atom. The number of nitrogens with one attached hydrogen (secondary N) is 3. The largest absolute Gasteiger partial charge is 0.494 e. The van der Waals surface area contributed by atoms with Crippen LogP contribution in [0.1, 0.15) is 159 Å². The minimum Gasteiger partial charge on any atom is -0.494 e. The molecule has 4 bridgehead atoms. The topological polar surface area (TPSA) is 134 Å². The van der Waals surface area contributed by atoms with E-state index in [1.165, 1.54) is 103 Å². The molecule has 3 heterocycles. The van der Waals surface area contributed by atoms with E-state index in [-0.39, 0.29) is 29.5 Å². The zero-order valence-electron chi connectivity index (χ0n) is 39.7. The Balaban J connectivity index is 0.642. The first kappa shape index (κ1) is 45.9. The van der Waals surface area contributed by atoms with Crippen LogP contribution in [0.25, 0.3) is 11.0 Å². The molecule has 2 amide bonds. The number of carbonyl (C=O) groups excluding carboxylic acids is 2. The van der Waals surface area contributed by atoms with Gasteiger partial charge in [-0.25, -0.2) is 4.98 Å². The van der Waals surface area contributed by atoms with Crippen LogP contribution in [0.15, 0.2) is 35.3 Å². The van der Waals surface area contributed by atoms with E-state index in [2.05, 4.69) is 42.9 Å². The fourth-order valence-electron chi connectivity index (χ4n) is 13.2.